The van der Waals surface area contributed by atoms with Crippen LogP contribution in [-0.4, -0.2) is 42.0 Å². The van der Waals surface area contributed by atoms with Crippen LogP contribution in [0.2, 0.25) is 0 Å². The lowest BCUT2D eigenvalue weighted by molar-refractivity contribution is -0.133. The van der Waals surface area contributed by atoms with Crippen molar-refractivity contribution >= 4 is 20.1 Å². The smallest absolute Gasteiger partial charge is 0.307 e. The fourth-order valence-corrected chi connectivity index (χ4v) is 1.99. The average molecular weight is 251 g/mol. The van der Waals surface area contributed by atoms with Gasteiger partial charge in [-0.3, -0.25) is 4.79 Å². The second-order valence-electron chi connectivity index (χ2n) is 3.26. The van der Waals surface area contributed by atoms with Crippen molar-refractivity contribution in [2.45, 2.75) is 0 Å². The molecule has 0 saturated carbocycles. The van der Waals surface area contributed by atoms with Crippen LogP contribution in [0.3, 0.4) is 0 Å². The standard InChI is InChI=1S/C9H10N5O2P/c1-14-8(6-2-10-5-11-3-6)12-9(13-14)17-4-7(15)16/h2-3,5,17H,4H2,1H3,(H,15,16). The van der Waals surface area contributed by atoms with Crippen molar-refractivity contribution in [1.82, 2.24) is 24.7 Å². The monoisotopic (exact) mass is 251 g/mol. The molecule has 0 bridgehead atoms. The third-order valence-corrected chi connectivity index (χ3v) is 2.99. The first-order valence-corrected chi connectivity index (χ1v) is 5.99. The number of hydrogen-bond acceptors (Lipinski definition) is 5. The van der Waals surface area contributed by atoms with Gasteiger partial charge in [-0.1, -0.05) is 0 Å². The van der Waals surface area contributed by atoms with E-state index in [2.05, 4.69) is 20.1 Å². The molecule has 1 unspecified atom stereocenters. The van der Waals surface area contributed by atoms with E-state index in [4.69, 9.17) is 5.11 Å². The van der Waals surface area contributed by atoms with Gasteiger partial charge in [0, 0.05) is 19.4 Å². The Kier molecular flexibility index (Phi) is 3.39. The van der Waals surface area contributed by atoms with E-state index in [-0.39, 0.29) is 14.7 Å². The fraction of sp³-hybridized carbons (Fsp3) is 0.222. The molecule has 0 saturated heterocycles. The van der Waals surface area contributed by atoms with Gasteiger partial charge in [0.25, 0.3) is 0 Å². The number of rotatable bonds is 4. The molecule has 1 N–H and O–H groups in total. The van der Waals surface area contributed by atoms with Crippen molar-refractivity contribution in [2.24, 2.45) is 7.05 Å². The second-order valence-corrected chi connectivity index (χ2v) is 4.41. The number of carbonyl (C=O) groups is 1. The molecular formula is C9H10N5O2P. The molecule has 0 aliphatic heterocycles. The van der Waals surface area contributed by atoms with Crippen molar-refractivity contribution in [3.05, 3.63) is 18.7 Å². The van der Waals surface area contributed by atoms with Crippen molar-refractivity contribution in [1.29, 1.82) is 0 Å². The first kappa shape index (κ1) is 11.6. The molecule has 2 heterocycles. The zero-order valence-electron chi connectivity index (χ0n) is 9.03. The summed E-state index contributed by atoms with van der Waals surface area (Å²) in [6.07, 6.45) is 4.77. The van der Waals surface area contributed by atoms with Gasteiger partial charge < -0.3 is 5.11 Å². The van der Waals surface area contributed by atoms with E-state index < -0.39 is 5.97 Å². The average Bonchev–Trinajstić information content (AvgIpc) is 2.69. The van der Waals surface area contributed by atoms with E-state index in [1.807, 2.05) is 0 Å². The predicted molar refractivity (Wildman–Crippen MR) is 62.5 cm³/mol. The van der Waals surface area contributed by atoms with Crippen LogP contribution >= 0.6 is 8.58 Å². The maximum Gasteiger partial charge on any atom is 0.307 e. The Morgan fingerprint density at radius 1 is 1.47 bits per heavy atom. The summed E-state index contributed by atoms with van der Waals surface area (Å²) < 4.78 is 1.60. The molecule has 0 aliphatic rings. The van der Waals surface area contributed by atoms with Crippen LogP contribution < -0.4 is 5.57 Å². The van der Waals surface area contributed by atoms with Gasteiger partial charge in [-0.25, -0.2) is 19.6 Å². The summed E-state index contributed by atoms with van der Waals surface area (Å²) in [4.78, 5) is 22.5. The van der Waals surface area contributed by atoms with Crippen LogP contribution in [0.4, 0.5) is 0 Å². The molecule has 2 aromatic heterocycles. The first-order valence-electron chi connectivity index (χ1n) is 4.79. The maximum atomic E-state index is 10.5. The minimum atomic E-state index is -0.847. The number of hydrogen-bond donors (Lipinski definition) is 1. The number of carboxylic acid groups (broad SMARTS) is 1. The highest BCUT2D eigenvalue weighted by Crippen LogP contribution is 2.14. The summed E-state index contributed by atoms with van der Waals surface area (Å²) in [6, 6.07) is 0. The molecular weight excluding hydrogens is 241 g/mol. The molecule has 0 radical (unpaired) electrons. The van der Waals surface area contributed by atoms with Crippen LogP contribution in [0.25, 0.3) is 11.4 Å². The van der Waals surface area contributed by atoms with E-state index in [1.54, 1.807) is 24.1 Å². The Balaban J connectivity index is 2.22. The van der Waals surface area contributed by atoms with Crippen molar-refractivity contribution in [3.63, 3.8) is 0 Å². The Labute approximate surface area is 98.7 Å². The topological polar surface area (TPSA) is 93.8 Å². The zero-order valence-corrected chi connectivity index (χ0v) is 10.0. The van der Waals surface area contributed by atoms with Gasteiger partial charge in [-0.15, -0.1) is 0 Å². The van der Waals surface area contributed by atoms with Gasteiger partial charge in [0.1, 0.15) is 6.33 Å². The number of aromatic nitrogens is 5. The Bertz CT molecular complexity index is 527. The number of nitrogens with zero attached hydrogens (tertiary/aromatic N) is 5. The highest BCUT2D eigenvalue weighted by atomic mass is 31.1. The number of aliphatic carboxylic acids is 1. The lowest BCUT2D eigenvalue weighted by atomic mass is 10.3. The zero-order chi connectivity index (χ0) is 12.3. The molecule has 1 atom stereocenters. The van der Waals surface area contributed by atoms with Gasteiger partial charge in [-0.05, 0) is 8.58 Å². The van der Waals surface area contributed by atoms with Crippen LogP contribution in [0, 0.1) is 0 Å². The number of carboxylic acids is 1. The molecule has 2 rings (SSSR count). The number of aryl methyl sites for hydroxylation is 1. The predicted octanol–water partition coefficient (Wildman–Crippen LogP) is -0.340. The summed E-state index contributed by atoms with van der Waals surface area (Å²) in [7, 11) is 1.82. The van der Waals surface area contributed by atoms with E-state index in [1.165, 1.54) is 6.33 Å². The van der Waals surface area contributed by atoms with E-state index in [0.29, 0.717) is 11.4 Å². The summed E-state index contributed by atoms with van der Waals surface area (Å²) in [5.74, 6) is -0.209. The molecule has 7 nitrogen and oxygen atoms in total. The SMILES string of the molecule is Cn1nc(PCC(=O)O)nc1-c1cncnc1. The lowest BCUT2D eigenvalue weighted by Gasteiger charge is -1.96. The summed E-state index contributed by atoms with van der Waals surface area (Å²) in [5, 5.41) is 12.8. The van der Waals surface area contributed by atoms with Crippen LogP contribution in [0.5, 0.6) is 0 Å². The molecule has 0 amide bonds. The minimum Gasteiger partial charge on any atom is -0.481 e. The highest BCUT2D eigenvalue weighted by molar-refractivity contribution is 7.47. The molecule has 0 aliphatic carbocycles. The Morgan fingerprint density at radius 3 is 2.82 bits per heavy atom. The van der Waals surface area contributed by atoms with Crippen molar-refractivity contribution in [3.8, 4) is 11.4 Å². The quantitative estimate of drug-likeness (QED) is 0.747. The van der Waals surface area contributed by atoms with Gasteiger partial charge in [0.15, 0.2) is 11.4 Å². The second kappa shape index (κ2) is 4.97. The Hall–Kier alpha value is -1.88. The molecule has 0 fully saturated rings. The first-order chi connectivity index (χ1) is 8.16. The lowest BCUT2D eigenvalue weighted by Crippen LogP contribution is -2.07. The molecule has 8 heteroatoms. The van der Waals surface area contributed by atoms with Crippen LogP contribution in [0.15, 0.2) is 18.7 Å². The third kappa shape index (κ3) is 2.82. The summed E-state index contributed by atoms with van der Waals surface area (Å²) in [5.41, 5.74) is 1.29. The third-order valence-electron chi connectivity index (χ3n) is 1.98. The molecule has 0 spiro atoms. The Morgan fingerprint density at radius 2 is 2.18 bits per heavy atom. The molecule has 88 valence electrons. The van der Waals surface area contributed by atoms with Crippen LogP contribution in [-0.2, 0) is 11.8 Å². The minimum absolute atomic E-state index is 0.0503. The van der Waals surface area contributed by atoms with Gasteiger partial charge in [0.2, 0.25) is 0 Å². The molecule has 17 heavy (non-hydrogen) atoms. The summed E-state index contributed by atoms with van der Waals surface area (Å²) in [6.45, 7) is 0. The highest BCUT2D eigenvalue weighted by Gasteiger charge is 2.10. The largest absolute Gasteiger partial charge is 0.481 e. The van der Waals surface area contributed by atoms with E-state index in [9.17, 15) is 4.79 Å². The molecule has 0 aromatic carbocycles. The van der Waals surface area contributed by atoms with Gasteiger partial charge >= 0.3 is 5.97 Å². The van der Waals surface area contributed by atoms with Gasteiger partial charge in [0.05, 0.1) is 11.7 Å². The van der Waals surface area contributed by atoms with Crippen molar-refractivity contribution < 1.29 is 9.90 Å². The molecule has 2 aromatic rings. The maximum absolute atomic E-state index is 10.5. The normalized spacial score (nSPS) is 11.1. The van der Waals surface area contributed by atoms with Crippen molar-refractivity contribution in [2.75, 3.05) is 6.16 Å². The summed E-state index contributed by atoms with van der Waals surface area (Å²) >= 11 is 0. The van der Waals surface area contributed by atoms with E-state index in [0.717, 1.165) is 5.56 Å². The fourth-order valence-electron chi connectivity index (χ4n) is 1.28. The van der Waals surface area contributed by atoms with Gasteiger partial charge in [-0.2, -0.15) is 5.10 Å². The van der Waals surface area contributed by atoms with Crippen LogP contribution in [0.1, 0.15) is 0 Å². The van der Waals surface area contributed by atoms with E-state index >= 15 is 0 Å².